The van der Waals surface area contributed by atoms with Crippen molar-refractivity contribution in [3.63, 3.8) is 0 Å². The third-order valence-electron chi connectivity index (χ3n) is 13.9. The van der Waals surface area contributed by atoms with E-state index in [0.717, 1.165) is 0 Å². The molecule has 3 saturated heterocycles. The van der Waals surface area contributed by atoms with E-state index in [2.05, 4.69) is 37.2 Å². The lowest BCUT2D eigenvalue weighted by Gasteiger charge is -2.39. The minimum atomic E-state index is -1.40. The van der Waals surface area contributed by atoms with E-state index in [1.54, 1.807) is 0 Å². The zero-order chi connectivity index (χ0) is 68.1. The Bertz CT molecular complexity index is 2000. The fraction of sp³-hybridized carbons (Fsp3) is 0.877. The minimum Gasteiger partial charge on any atom is -0.394 e. The Labute approximate surface area is 541 Å². The van der Waals surface area contributed by atoms with Gasteiger partial charge in [0.2, 0.25) is 41.4 Å². The van der Waals surface area contributed by atoms with Crippen LogP contribution in [0.4, 0.5) is 0 Å². The van der Waals surface area contributed by atoms with Gasteiger partial charge in [0.25, 0.3) is 0 Å². The summed E-state index contributed by atoms with van der Waals surface area (Å²) in [5, 5.41) is 78.3. The first-order valence-electron chi connectivity index (χ1n) is 31.3. The summed E-state index contributed by atoms with van der Waals surface area (Å²) in [4.78, 5) is 85.9. The molecule has 3 aliphatic rings. The van der Waals surface area contributed by atoms with Crippen LogP contribution in [-0.4, -0.2) is 336 Å². The number of hydrogen-bond acceptors (Lipinski definition) is 29. The summed E-state index contributed by atoms with van der Waals surface area (Å²) < 4.78 is 84.8. The molecule has 36 nitrogen and oxygen atoms in total. The van der Waals surface area contributed by atoms with Gasteiger partial charge in [0.05, 0.1) is 202 Å². The predicted molar refractivity (Wildman–Crippen MR) is 320 cm³/mol. The quantitative estimate of drug-likeness (QED) is 0.0252. The number of rotatable bonds is 53. The van der Waals surface area contributed by atoms with E-state index in [-0.39, 0.29) is 246 Å². The third kappa shape index (κ3) is 36.9. The SMILES string of the molecule is CC(=O)N[C@H]1[C@H](OCCOCCOCCNC(=O)CCOCC(COCCC(=O)NCCOCCOCCOC2O[C@H](CO)C[C@H](O)[C@H]2NC(C)=O)(COCCC(=O)NCCOCCOCCO[C@@H]2O[C@H](CO)[C@H](O)C[C@H]2NC(C)=O)NC(=O)CN)O[C@H](CO)C[C@@H]1O. The Hall–Kier alpha value is -4.59. The topological polar surface area (TPSA) is 490 Å². The van der Waals surface area contributed by atoms with Crippen LogP contribution in [0.25, 0.3) is 0 Å². The number of nitrogens with two attached hydrogens (primary N) is 1. The molecule has 3 aliphatic heterocycles. The Kier molecular flexibility index (Phi) is 44.3. The number of carbonyl (C=O) groups is 7. The maximum absolute atomic E-state index is 12.9. The highest BCUT2D eigenvalue weighted by Gasteiger charge is 2.41. The van der Waals surface area contributed by atoms with Gasteiger partial charge in [-0.25, -0.2) is 0 Å². The lowest BCUT2D eigenvalue weighted by atomic mass is 10.0. The molecular formula is C57H104N8O28. The highest BCUT2D eigenvalue weighted by molar-refractivity contribution is 5.79. The van der Waals surface area contributed by atoms with Crippen LogP contribution in [0.5, 0.6) is 0 Å². The molecule has 0 spiro atoms. The Balaban J connectivity index is 1.38. The number of amides is 7. The Morgan fingerprint density at radius 1 is 0.419 bits per heavy atom. The second kappa shape index (κ2) is 49.9. The molecule has 3 rings (SSSR count). The largest absolute Gasteiger partial charge is 0.394 e. The van der Waals surface area contributed by atoms with Crippen molar-refractivity contribution in [3.05, 3.63) is 0 Å². The monoisotopic (exact) mass is 1350 g/mol. The van der Waals surface area contributed by atoms with Crippen LogP contribution in [0.2, 0.25) is 0 Å². The van der Waals surface area contributed by atoms with E-state index in [1.165, 1.54) is 20.8 Å². The average molecular weight is 1350 g/mol. The number of nitrogens with one attached hydrogen (secondary N) is 7. The molecule has 0 bridgehead atoms. The molecule has 0 saturated carbocycles. The summed E-state index contributed by atoms with van der Waals surface area (Å²) in [5.74, 6) is -2.74. The average Bonchev–Trinajstić information content (AvgIpc) is 1.08. The zero-order valence-corrected chi connectivity index (χ0v) is 53.7. The van der Waals surface area contributed by atoms with E-state index in [1.807, 2.05) is 0 Å². The molecule has 0 aromatic carbocycles. The first-order valence-corrected chi connectivity index (χ1v) is 31.3. The van der Waals surface area contributed by atoms with Crippen LogP contribution in [-0.2, 0) is 105 Å². The van der Waals surface area contributed by atoms with Crippen LogP contribution in [0.15, 0.2) is 0 Å². The number of hydrogen-bond donors (Lipinski definition) is 14. The summed E-state index contributed by atoms with van der Waals surface area (Å²) in [6.07, 6.45) is -7.76. The van der Waals surface area contributed by atoms with Gasteiger partial charge in [0.15, 0.2) is 18.9 Å². The van der Waals surface area contributed by atoms with E-state index in [0.29, 0.717) is 0 Å². The highest BCUT2D eigenvalue weighted by Crippen LogP contribution is 2.24. The normalized spacial score (nSPS) is 24.5. The molecule has 0 aliphatic carbocycles. The van der Waals surface area contributed by atoms with E-state index in [4.69, 9.17) is 76.8 Å². The van der Waals surface area contributed by atoms with Gasteiger partial charge in [-0.3, -0.25) is 33.6 Å². The number of aliphatic hydroxyl groups excluding tert-OH is 6. The van der Waals surface area contributed by atoms with Gasteiger partial charge in [-0.15, -0.1) is 0 Å². The molecule has 7 amide bonds. The van der Waals surface area contributed by atoms with Gasteiger partial charge in [0.1, 0.15) is 23.7 Å². The molecule has 15 N–H and O–H groups in total. The molecule has 36 heteroatoms. The van der Waals surface area contributed by atoms with Gasteiger partial charge in [-0.05, 0) is 0 Å². The van der Waals surface area contributed by atoms with E-state index >= 15 is 0 Å². The molecule has 3 fully saturated rings. The fourth-order valence-corrected chi connectivity index (χ4v) is 9.33. The fourth-order valence-electron chi connectivity index (χ4n) is 9.33. The number of ether oxygens (including phenoxy) is 15. The molecule has 0 radical (unpaired) electrons. The third-order valence-corrected chi connectivity index (χ3v) is 13.9. The second-order valence-electron chi connectivity index (χ2n) is 21.8. The summed E-state index contributed by atoms with van der Waals surface area (Å²) in [6, 6.07) is -2.24. The Morgan fingerprint density at radius 2 is 0.774 bits per heavy atom. The molecular weight excluding hydrogens is 1240 g/mol. The standard InChI is InChI=1S/C57H104N8O28/c1-38(69)62-43-30-44(72)47(34-68)93-54(43)88-25-22-82-19-16-79-13-7-59-48(75)4-10-85-35-57(65-51(78)31-58,36-86-11-5-49(76)60-8-14-80-17-20-83-23-26-89-55-52(63-39(2)70)45(73)28-41(32-66)91-55)37-87-12-6-50(77)61-9-15-81-18-21-84-24-27-90-56-53(64-40(3)71)46(74)29-42(33-67)92-56/h41-47,52-56,66-68,72-74H,4-37,58H2,1-3H3,(H,59,75)(H,60,76)(H,61,77)(H,62,69)(H,63,70)(H,64,71)(H,65,78)/t41-,42-,43+,44+,45-,46-,47+,52+,53+,54+,55+,56?,57?/m0/s1. The van der Waals surface area contributed by atoms with Crippen molar-refractivity contribution >= 4 is 41.4 Å². The van der Waals surface area contributed by atoms with Crippen molar-refractivity contribution in [3.8, 4) is 0 Å². The predicted octanol–water partition coefficient (Wildman–Crippen LogP) is -7.56. The first-order chi connectivity index (χ1) is 44.8. The van der Waals surface area contributed by atoms with Gasteiger partial charge in [-0.1, -0.05) is 0 Å². The van der Waals surface area contributed by atoms with E-state index in [9.17, 15) is 64.2 Å². The maximum Gasteiger partial charge on any atom is 0.234 e. The smallest absolute Gasteiger partial charge is 0.234 e. The van der Waals surface area contributed by atoms with Crippen molar-refractivity contribution in [2.75, 3.05) is 185 Å². The molecule has 0 aromatic heterocycles. The molecule has 93 heavy (non-hydrogen) atoms. The van der Waals surface area contributed by atoms with Crippen molar-refractivity contribution in [2.24, 2.45) is 5.73 Å². The highest BCUT2D eigenvalue weighted by atomic mass is 16.7. The number of carbonyl (C=O) groups excluding carboxylic acids is 7. The van der Waals surface area contributed by atoms with Crippen molar-refractivity contribution in [1.82, 2.24) is 37.2 Å². The van der Waals surface area contributed by atoms with Crippen molar-refractivity contribution in [1.29, 1.82) is 0 Å². The summed E-state index contributed by atoms with van der Waals surface area (Å²) in [6.45, 7) is 4.37. The lowest BCUT2D eigenvalue weighted by molar-refractivity contribution is -0.244. The molecule has 2 unspecified atom stereocenters. The molecule has 13 atom stereocenters. The molecule has 540 valence electrons. The molecule has 3 heterocycles. The van der Waals surface area contributed by atoms with Gasteiger partial charge >= 0.3 is 0 Å². The van der Waals surface area contributed by atoms with Gasteiger partial charge in [0, 0.05) is 78.9 Å². The van der Waals surface area contributed by atoms with Crippen LogP contribution < -0.4 is 43.0 Å². The van der Waals surface area contributed by atoms with E-state index < -0.39 is 98.2 Å². The lowest BCUT2D eigenvalue weighted by Crippen LogP contribution is -2.60. The van der Waals surface area contributed by atoms with Crippen LogP contribution >= 0.6 is 0 Å². The summed E-state index contributed by atoms with van der Waals surface area (Å²) in [7, 11) is 0. The van der Waals surface area contributed by atoms with Crippen LogP contribution in [0.3, 0.4) is 0 Å². The first kappa shape index (κ1) is 82.6. The zero-order valence-electron chi connectivity index (χ0n) is 53.7. The van der Waals surface area contributed by atoms with Crippen molar-refractivity contribution in [2.45, 2.75) is 138 Å². The minimum absolute atomic E-state index is 0.0665. The maximum atomic E-state index is 12.9. The second-order valence-corrected chi connectivity index (χ2v) is 21.8. The van der Waals surface area contributed by atoms with Crippen molar-refractivity contribution < 1.29 is 135 Å². The molecule has 0 aromatic rings. The van der Waals surface area contributed by atoms with Crippen LogP contribution in [0.1, 0.15) is 59.3 Å². The Morgan fingerprint density at radius 3 is 1.12 bits per heavy atom. The number of aliphatic hydroxyl groups is 6. The van der Waals surface area contributed by atoms with Gasteiger partial charge in [-0.2, -0.15) is 0 Å². The summed E-state index contributed by atoms with van der Waals surface area (Å²) in [5.41, 5.74) is 4.29. The van der Waals surface area contributed by atoms with Gasteiger partial charge < -0.3 is 145 Å². The summed E-state index contributed by atoms with van der Waals surface area (Å²) >= 11 is 0. The van der Waals surface area contributed by atoms with Crippen LogP contribution in [0, 0.1) is 0 Å².